The molecule has 9 nitrogen and oxygen atoms in total. The van der Waals surface area contributed by atoms with E-state index in [4.69, 9.17) is 14.7 Å². The fourth-order valence-corrected chi connectivity index (χ4v) is 4.32. The van der Waals surface area contributed by atoms with Crippen molar-refractivity contribution in [2.45, 2.75) is 30.6 Å². The average Bonchev–Trinajstić information content (AvgIpc) is 3.07. The normalized spacial score (nSPS) is 21.9. The maximum absolute atomic E-state index is 12.3. The molecule has 2 heterocycles. The predicted molar refractivity (Wildman–Crippen MR) is 105 cm³/mol. The largest absolute Gasteiger partial charge is 0.444 e. The molecule has 158 valence electrons. The lowest BCUT2D eigenvalue weighted by Crippen LogP contribution is -2.51. The molecule has 1 aromatic rings. The van der Waals surface area contributed by atoms with Crippen LogP contribution >= 0.6 is 0 Å². The molecule has 0 radical (unpaired) electrons. The van der Waals surface area contributed by atoms with Crippen molar-refractivity contribution in [1.29, 1.82) is 0 Å². The van der Waals surface area contributed by atoms with Gasteiger partial charge in [-0.1, -0.05) is 18.2 Å². The Bertz CT molecular complexity index is 926. The Kier molecular flexibility index (Phi) is 5.97. The Morgan fingerprint density at radius 3 is 2.59 bits per heavy atom. The molecule has 1 fully saturated rings. The number of nitrogens with one attached hydrogen (secondary N) is 1. The van der Waals surface area contributed by atoms with Crippen LogP contribution in [-0.2, 0) is 24.1 Å². The Morgan fingerprint density at radius 2 is 2.03 bits per heavy atom. The van der Waals surface area contributed by atoms with Crippen LogP contribution in [0.4, 0.5) is 10.5 Å². The second kappa shape index (κ2) is 8.13. The van der Waals surface area contributed by atoms with E-state index in [2.05, 4.69) is 0 Å². The van der Waals surface area contributed by atoms with Crippen molar-refractivity contribution < 1.29 is 32.7 Å². The van der Waals surface area contributed by atoms with Crippen LogP contribution in [0.1, 0.15) is 25.3 Å². The van der Waals surface area contributed by atoms with E-state index in [1.54, 1.807) is 12.1 Å². The molecule has 3 rings (SSSR count). The van der Waals surface area contributed by atoms with Crippen LogP contribution in [0.15, 0.2) is 30.3 Å². The molecule has 1 aromatic carbocycles. The van der Waals surface area contributed by atoms with Gasteiger partial charge in [-0.05, 0) is 36.6 Å². The molecular formula is C19H24N2O7S. The summed E-state index contributed by atoms with van der Waals surface area (Å²) in [5.41, 5.74) is 4.23. The van der Waals surface area contributed by atoms with E-state index in [0.717, 1.165) is 18.2 Å². The van der Waals surface area contributed by atoms with Crippen LogP contribution in [0.5, 0.6) is 0 Å². The van der Waals surface area contributed by atoms with Gasteiger partial charge in [0.2, 0.25) is 0 Å². The second-order valence-electron chi connectivity index (χ2n) is 7.37. The number of hydrogen-bond acceptors (Lipinski definition) is 7. The summed E-state index contributed by atoms with van der Waals surface area (Å²) in [6.45, 7) is 2.55. The van der Waals surface area contributed by atoms with Crippen LogP contribution < -0.4 is 10.4 Å². The van der Waals surface area contributed by atoms with Gasteiger partial charge in [0.25, 0.3) is 5.91 Å². The summed E-state index contributed by atoms with van der Waals surface area (Å²) in [6, 6.07) is 7.41. The number of amides is 2. The quantitative estimate of drug-likeness (QED) is 0.524. The lowest BCUT2D eigenvalue weighted by atomic mass is 10.0. The Labute approximate surface area is 169 Å². The van der Waals surface area contributed by atoms with Gasteiger partial charge in [-0.3, -0.25) is 14.9 Å². The Morgan fingerprint density at radius 1 is 1.34 bits per heavy atom. The summed E-state index contributed by atoms with van der Waals surface area (Å²) >= 11 is 0. The van der Waals surface area contributed by atoms with Crippen LogP contribution in [-0.4, -0.2) is 62.5 Å². The van der Waals surface area contributed by atoms with Gasteiger partial charge >= 0.3 is 6.09 Å². The van der Waals surface area contributed by atoms with E-state index >= 15 is 0 Å². The highest BCUT2D eigenvalue weighted by molar-refractivity contribution is 7.92. The number of benzene rings is 1. The number of carbonyl (C=O) groups is 2. The summed E-state index contributed by atoms with van der Waals surface area (Å²) in [5.74, 6) is -1.07. The fourth-order valence-electron chi connectivity index (χ4n) is 3.45. The molecule has 2 unspecified atom stereocenters. The van der Waals surface area contributed by atoms with Crippen molar-refractivity contribution in [2.75, 3.05) is 30.9 Å². The van der Waals surface area contributed by atoms with Crippen molar-refractivity contribution in [3.05, 3.63) is 35.9 Å². The van der Waals surface area contributed by atoms with Gasteiger partial charge in [-0.25, -0.2) is 18.7 Å². The standard InChI is InChI=1S/C19H24N2O7S/c1-19(17(22)20-24,29(2,25)26)11-16-12-21(18(23)28-16)15-5-3-13(4-6-15)14-7-9-27-10-8-14/h3-7,16,24H,8-12H2,1-2H3,(H,20,22). The predicted octanol–water partition coefficient (Wildman–Crippen LogP) is 1.51. The lowest BCUT2D eigenvalue weighted by molar-refractivity contribution is -0.132. The number of hydrogen-bond donors (Lipinski definition) is 2. The molecule has 0 aromatic heterocycles. The fraction of sp³-hybridized carbons (Fsp3) is 0.474. The van der Waals surface area contributed by atoms with Gasteiger partial charge < -0.3 is 9.47 Å². The third kappa shape index (κ3) is 4.29. The third-order valence-electron chi connectivity index (χ3n) is 5.40. The van der Waals surface area contributed by atoms with Crippen molar-refractivity contribution in [1.82, 2.24) is 5.48 Å². The molecule has 2 atom stereocenters. The molecule has 1 saturated heterocycles. The molecule has 29 heavy (non-hydrogen) atoms. The number of hydroxylamine groups is 1. The lowest BCUT2D eigenvalue weighted by Gasteiger charge is -2.26. The van der Waals surface area contributed by atoms with Gasteiger partial charge in [0.1, 0.15) is 6.10 Å². The first kappa shape index (κ1) is 21.3. The number of nitrogens with zero attached hydrogens (tertiary/aromatic N) is 1. The second-order valence-corrected chi connectivity index (χ2v) is 9.81. The molecule has 2 amide bonds. The third-order valence-corrected chi connectivity index (χ3v) is 7.39. The number of sulfone groups is 1. The summed E-state index contributed by atoms with van der Waals surface area (Å²) in [4.78, 5) is 25.7. The molecule has 0 bridgehead atoms. The molecule has 2 aliphatic rings. The van der Waals surface area contributed by atoms with Crippen LogP contribution in [0.2, 0.25) is 0 Å². The van der Waals surface area contributed by atoms with E-state index in [-0.39, 0.29) is 13.0 Å². The average molecular weight is 424 g/mol. The van der Waals surface area contributed by atoms with E-state index in [1.165, 1.54) is 22.9 Å². The van der Waals surface area contributed by atoms with E-state index in [9.17, 15) is 18.0 Å². The topological polar surface area (TPSA) is 122 Å². The van der Waals surface area contributed by atoms with E-state index in [1.807, 2.05) is 18.2 Å². The molecule has 2 aliphatic heterocycles. The zero-order chi connectivity index (χ0) is 21.2. The number of anilines is 1. The smallest absolute Gasteiger partial charge is 0.414 e. The first-order valence-electron chi connectivity index (χ1n) is 9.15. The number of rotatable bonds is 6. The summed E-state index contributed by atoms with van der Waals surface area (Å²) < 4.78 is 32.9. The van der Waals surface area contributed by atoms with Crippen LogP contribution in [0.3, 0.4) is 0 Å². The van der Waals surface area contributed by atoms with Crippen molar-refractivity contribution in [2.24, 2.45) is 0 Å². The first-order chi connectivity index (χ1) is 13.7. The minimum atomic E-state index is -3.88. The minimum Gasteiger partial charge on any atom is -0.444 e. The van der Waals surface area contributed by atoms with Crippen LogP contribution in [0, 0.1) is 0 Å². The molecule has 10 heteroatoms. The first-order valence-corrected chi connectivity index (χ1v) is 11.0. The Balaban J connectivity index is 1.74. The molecule has 0 spiro atoms. The number of carbonyl (C=O) groups excluding carboxylic acids is 2. The molecule has 0 aliphatic carbocycles. The highest BCUT2D eigenvalue weighted by atomic mass is 32.2. The van der Waals surface area contributed by atoms with Gasteiger partial charge in [0.05, 0.1) is 19.8 Å². The SMILES string of the molecule is CC(CC1CN(c2ccc(C3=CCOCC3)cc2)C(=O)O1)(C(=O)NO)S(C)(=O)=O. The summed E-state index contributed by atoms with van der Waals surface area (Å²) in [5, 5.41) is 8.93. The zero-order valence-electron chi connectivity index (χ0n) is 16.3. The minimum absolute atomic E-state index is 0.0958. The van der Waals surface area contributed by atoms with Crippen LogP contribution in [0.25, 0.3) is 5.57 Å². The van der Waals surface area contributed by atoms with Gasteiger partial charge in [0.15, 0.2) is 14.6 Å². The van der Waals surface area contributed by atoms with Gasteiger partial charge in [0, 0.05) is 18.4 Å². The highest BCUT2D eigenvalue weighted by Gasteiger charge is 2.48. The Hall–Kier alpha value is -2.43. The van der Waals surface area contributed by atoms with E-state index < -0.39 is 32.7 Å². The van der Waals surface area contributed by atoms with Gasteiger partial charge in [-0.15, -0.1) is 0 Å². The summed E-state index contributed by atoms with van der Waals surface area (Å²) in [6.07, 6.45) is 2.04. The van der Waals surface area contributed by atoms with E-state index in [0.29, 0.717) is 18.9 Å². The maximum atomic E-state index is 12.3. The van der Waals surface area contributed by atoms with Crippen molar-refractivity contribution in [3.8, 4) is 0 Å². The zero-order valence-corrected chi connectivity index (χ0v) is 17.1. The number of cyclic esters (lactones) is 1. The molecular weight excluding hydrogens is 400 g/mol. The monoisotopic (exact) mass is 424 g/mol. The van der Waals surface area contributed by atoms with Crippen molar-refractivity contribution in [3.63, 3.8) is 0 Å². The molecule has 0 saturated carbocycles. The summed E-state index contributed by atoms with van der Waals surface area (Å²) in [7, 11) is -3.88. The van der Waals surface area contributed by atoms with Crippen molar-refractivity contribution >= 4 is 33.1 Å². The number of ether oxygens (including phenoxy) is 2. The molecule has 2 N–H and O–H groups in total. The maximum Gasteiger partial charge on any atom is 0.414 e. The highest BCUT2D eigenvalue weighted by Crippen LogP contribution is 2.31. The van der Waals surface area contributed by atoms with Gasteiger partial charge in [-0.2, -0.15) is 0 Å².